The first-order valence-corrected chi connectivity index (χ1v) is 8.94. The number of aryl methyl sites for hydroxylation is 1. The van der Waals surface area contributed by atoms with Gasteiger partial charge in [0.2, 0.25) is 5.95 Å². The maximum Gasteiger partial charge on any atom is 0.274 e. The summed E-state index contributed by atoms with van der Waals surface area (Å²) in [7, 11) is 0. The summed E-state index contributed by atoms with van der Waals surface area (Å²) in [6.07, 6.45) is 0. The average molecular weight is 376 g/mol. The van der Waals surface area contributed by atoms with Gasteiger partial charge in [-0.25, -0.2) is 9.97 Å². The number of hydrogen-bond acceptors (Lipinski definition) is 6. The molecule has 26 heavy (non-hydrogen) atoms. The van der Waals surface area contributed by atoms with Crippen molar-refractivity contribution in [1.82, 2.24) is 14.9 Å². The molecule has 1 saturated heterocycles. The highest BCUT2D eigenvalue weighted by Crippen LogP contribution is 2.16. The zero-order valence-corrected chi connectivity index (χ0v) is 15.4. The van der Waals surface area contributed by atoms with E-state index in [0.717, 1.165) is 38.5 Å². The molecule has 8 heteroatoms. The number of halogens is 1. The zero-order chi connectivity index (χ0) is 18.4. The molecule has 1 aromatic carbocycles. The van der Waals surface area contributed by atoms with Gasteiger partial charge in [0, 0.05) is 42.6 Å². The second kappa shape index (κ2) is 8.93. The number of ether oxygens (including phenoxy) is 1. The third-order valence-electron chi connectivity index (χ3n) is 3.98. The number of hydrogen-bond donors (Lipinski definition) is 2. The Kier molecular flexibility index (Phi) is 6.38. The Morgan fingerprint density at radius 3 is 2.85 bits per heavy atom. The highest BCUT2D eigenvalue weighted by Gasteiger charge is 2.13. The molecule has 0 bridgehead atoms. The molecule has 7 nitrogen and oxygen atoms in total. The Hall–Kier alpha value is -2.22. The number of morpholine rings is 1. The molecule has 0 spiro atoms. The van der Waals surface area contributed by atoms with Crippen LogP contribution in [0.3, 0.4) is 0 Å². The Morgan fingerprint density at radius 2 is 2.08 bits per heavy atom. The fourth-order valence-corrected chi connectivity index (χ4v) is 2.87. The Labute approximate surface area is 157 Å². The van der Waals surface area contributed by atoms with E-state index in [1.54, 1.807) is 30.3 Å². The SMILES string of the molecule is Cc1cc(C(=O)Nc2cccc(Cl)c2)nc(NCCN2CCOCC2)n1. The number of carbonyl (C=O) groups excluding carboxylic acids is 1. The summed E-state index contributed by atoms with van der Waals surface area (Å²) in [6.45, 7) is 6.84. The molecule has 0 radical (unpaired) electrons. The molecule has 1 aliphatic heterocycles. The van der Waals surface area contributed by atoms with Gasteiger partial charge in [-0.2, -0.15) is 0 Å². The molecule has 138 valence electrons. The highest BCUT2D eigenvalue weighted by molar-refractivity contribution is 6.30. The van der Waals surface area contributed by atoms with Crippen molar-refractivity contribution in [1.29, 1.82) is 0 Å². The Morgan fingerprint density at radius 1 is 1.27 bits per heavy atom. The van der Waals surface area contributed by atoms with Crippen LogP contribution in [0.5, 0.6) is 0 Å². The molecular formula is C18H22ClN5O2. The van der Waals surface area contributed by atoms with Crippen molar-refractivity contribution in [2.24, 2.45) is 0 Å². The van der Waals surface area contributed by atoms with E-state index in [9.17, 15) is 4.79 Å². The van der Waals surface area contributed by atoms with Crippen LogP contribution in [0.4, 0.5) is 11.6 Å². The minimum Gasteiger partial charge on any atom is -0.379 e. The van der Waals surface area contributed by atoms with Crippen LogP contribution in [0.2, 0.25) is 5.02 Å². The van der Waals surface area contributed by atoms with E-state index in [-0.39, 0.29) is 5.91 Å². The topological polar surface area (TPSA) is 79.4 Å². The summed E-state index contributed by atoms with van der Waals surface area (Å²) in [4.78, 5) is 23.5. The van der Waals surface area contributed by atoms with Gasteiger partial charge in [0.1, 0.15) is 5.69 Å². The van der Waals surface area contributed by atoms with Crippen LogP contribution in [0.15, 0.2) is 30.3 Å². The van der Waals surface area contributed by atoms with Gasteiger partial charge < -0.3 is 15.4 Å². The van der Waals surface area contributed by atoms with Crippen molar-refractivity contribution in [3.05, 3.63) is 46.7 Å². The van der Waals surface area contributed by atoms with E-state index in [0.29, 0.717) is 28.9 Å². The highest BCUT2D eigenvalue weighted by atomic mass is 35.5. The van der Waals surface area contributed by atoms with Crippen LogP contribution < -0.4 is 10.6 Å². The van der Waals surface area contributed by atoms with Gasteiger partial charge >= 0.3 is 0 Å². The molecule has 2 aromatic rings. The first-order chi connectivity index (χ1) is 12.6. The summed E-state index contributed by atoms with van der Waals surface area (Å²) in [5, 5.41) is 6.56. The van der Waals surface area contributed by atoms with Crippen molar-refractivity contribution in [2.45, 2.75) is 6.92 Å². The number of aromatic nitrogens is 2. The maximum atomic E-state index is 12.5. The predicted octanol–water partition coefficient (Wildman–Crippen LogP) is 2.43. The molecule has 0 atom stereocenters. The summed E-state index contributed by atoms with van der Waals surface area (Å²) >= 11 is 5.95. The van der Waals surface area contributed by atoms with Crippen LogP contribution in [0.25, 0.3) is 0 Å². The van der Waals surface area contributed by atoms with Crippen LogP contribution in [-0.2, 0) is 4.74 Å². The third kappa shape index (κ3) is 5.39. The second-order valence-electron chi connectivity index (χ2n) is 6.06. The molecule has 1 aliphatic rings. The van der Waals surface area contributed by atoms with Gasteiger partial charge in [0.15, 0.2) is 0 Å². The van der Waals surface area contributed by atoms with Crippen LogP contribution in [0.1, 0.15) is 16.2 Å². The Bertz CT molecular complexity index is 765. The Balaban J connectivity index is 1.60. The van der Waals surface area contributed by atoms with Crippen molar-refractivity contribution < 1.29 is 9.53 Å². The molecule has 0 unspecified atom stereocenters. The lowest BCUT2D eigenvalue weighted by molar-refractivity contribution is 0.0398. The number of amides is 1. The molecule has 2 N–H and O–H groups in total. The summed E-state index contributed by atoms with van der Waals surface area (Å²) < 4.78 is 5.34. The lowest BCUT2D eigenvalue weighted by Gasteiger charge is -2.26. The molecule has 2 heterocycles. The summed E-state index contributed by atoms with van der Waals surface area (Å²) in [6, 6.07) is 8.66. The van der Waals surface area contributed by atoms with Crippen LogP contribution >= 0.6 is 11.6 Å². The zero-order valence-electron chi connectivity index (χ0n) is 14.7. The maximum absolute atomic E-state index is 12.5. The van der Waals surface area contributed by atoms with Crippen molar-refractivity contribution in [3.8, 4) is 0 Å². The van der Waals surface area contributed by atoms with Crippen LogP contribution in [0, 0.1) is 6.92 Å². The van der Waals surface area contributed by atoms with Gasteiger partial charge in [-0.15, -0.1) is 0 Å². The molecule has 0 saturated carbocycles. The number of rotatable bonds is 6. The van der Waals surface area contributed by atoms with Crippen molar-refractivity contribution >= 4 is 29.1 Å². The van der Waals surface area contributed by atoms with Gasteiger partial charge in [-0.1, -0.05) is 17.7 Å². The minimum absolute atomic E-state index is 0.297. The number of benzene rings is 1. The normalized spacial score (nSPS) is 14.8. The smallest absolute Gasteiger partial charge is 0.274 e. The van der Waals surface area contributed by atoms with E-state index in [2.05, 4.69) is 25.5 Å². The van der Waals surface area contributed by atoms with E-state index >= 15 is 0 Å². The summed E-state index contributed by atoms with van der Waals surface area (Å²) in [5.41, 5.74) is 1.66. The van der Waals surface area contributed by atoms with Gasteiger partial charge in [-0.3, -0.25) is 9.69 Å². The van der Waals surface area contributed by atoms with E-state index < -0.39 is 0 Å². The quantitative estimate of drug-likeness (QED) is 0.807. The van der Waals surface area contributed by atoms with E-state index in [1.807, 2.05) is 6.92 Å². The number of nitrogens with zero attached hydrogens (tertiary/aromatic N) is 3. The fraction of sp³-hybridized carbons (Fsp3) is 0.389. The third-order valence-corrected chi connectivity index (χ3v) is 4.22. The monoisotopic (exact) mass is 375 g/mol. The fourth-order valence-electron chi connectivity index (χ4n) is 2.68. The molecule has 1 amide bonds. The van der Waals surface area contributed by atoms with Gasteiger partial charge in [-0.05, 0) is 31.2 Å². The number of carbonyl (C=O) groups is 1. The molecular weight excluding hydrogens is 354 g/mol. The van der Waals surface area contributed by atoms with Crippen molar-refractivity contribution in [3.63, 3.8) is 0 Å². The molecule has 1 aromatic heterocycles. The molecule has 3 rings (SSSR count). The van der Waals surface area contributed by atoms with E-state index in [1.165, 1.54) is 0 Å². The average Bonchev–Trinajstić information content (AvgIpc) is 2.62. The van der Waals surface area contributed by atoms with Crippen molar-refractivity contribution in [2.75, 3.05) is 50.0 Å². The van der Waals surface area contributed by atoms with Gasteiger partial charge in [0.25, 0.3) is 5.91 Å². The minimum atomic E-state index is -0.297. The standard InChI is InChI=1S/C18H22ClN5O2/c1-13-11-16(17(25)22-15-4-2-3-14(19)12-15)23-18(21-13)20-5-6-24-7-9-26-10-8-24/h2-4,11-12H,5-10H2,1H3,(H,22,25)(H,20,21,23). The lowest BCUT2D eigenvalue weighted by atomic mass is 10.3. The molecule has 0 aliphatic carbocycles. The first-order valence-electron chi connectivity index (χ1n) is 8.57. The first kappa shape index (κ1) is 18.6. The summed E-state index contributed by atoms with van der Waals surface area (Å²) in [5.74, 6) is 0.156. The molecule has 1 fully saturated rings. The number of nitrogens with one attached hydrogen (secondary N) is 2. The van der Waals surface area contributed by atoms with Crippen LogP contribution in [-0.4, -0.2) is 60.2 Å². The largest absolute Gasteiger partial charge is 0.379 e. The predicted molar refractivity (Wildman–Crippen MR) is 102 cm³/mol. The lowest BCUT2D eigenvalue weighted by Crippen LogP contribution is -2.39. The van der Waals surface area contributed by atoms with E-state index in [4.69, 9.17) is 16.3 Å². The van der Waals surface area contributed by atoms with Gasteiger partial charge in [0.05, 0.1) is 13.2 Å². The second-order valence-corrected chi connectivity index (χ2v) is 6.50. The number of anilines is 2.